The van der Waals surface area contributed by atoms with Crippen molar-refractivity contribution in [3.63, 3.8) is 0 Å². The Labute approximate surface area is 175 Å². The van der Waals surface area contributed by atoms with Crippen LogP contribution in [0.4, 0.5) is 0 Å². The van der Waals surface area contributed by atoms with E-state index >= 15 is 0 Å². The largest absolute Gasteiger partial charge is 0.386 e. The Balaban J connectivity index is 0.00000243. The van der Waals surface area contributed by atoms with Crippen molar-refractivity contribution in [2.24, 2.45) is 4.99 Å². The fraction of sp³-hybridized carbons (Fsp3) is 0.250. The minimum absolute atomic E-state index is 0. The van der Waals surface area contributed by atoms with Crippen LogP contribution < -0.4 is 10.6 Å². The number of guanidine groups is 1. The number of aliphatic hydroxyl groups is 1. The van der Waals surface area contributed by atoms with E-state index in [1.807, 2.05) is 18.2 Å². The van der Waals surface area contributed by atoms with Crippen LogP contribution in [0.3, 0.4) is 0 Å². The Kier molecular flexibility index (Phi) is 7.86. The van der Waals surface area contributed by atoms with Crippen molar-refractivity contribution in [2.75, 3.05) is 13.6 Å². The zero-order valence-corrected chi connectivity index (χ0v) is 18.0. The summed E-state index contributed by atoms with van der Waals surface area (Å²) in [7, 11) is 1.73. The van der Waals surface area contributed by atoms with Gasteiger partial charge in [-0.2, -0.15) is 0 Å². The minimum Gasteiger partial charge on any atom is -0.386 e. The lowest BCUT2D eigenvalue weighted by Gasteiger charge is -2.14. The molecule has 0 saturated carbocycles. The molecule has 0 saturated heterocycles. The molecule has 26 heavy (non-hydrogen) atoms. The SMILES string of the molecule is CN=C(NCc1cccc(C)c1)NCC(O)c1cc2ccccc2s1.I. The summed E-state index contributed by atoms with van der Waals surface area (Å²) in [6.45, 7) is 3.19. The number of aryl methyl sites for hydroxylation is 1. The van der Waals surface area contributed by atoms with Crippen molar-refractivity contribution >= 4 is 51.4 Å². The molecule has 3 N–H and O–H groups in total. The summed E-state index contributed by atoms with van der Waals surface area (Å²) in [5.74, 6) is 0.682. The molecule has 1 heterocycles. The molecule has 138 valence electrons. The molecule has 0 fully saturated rings. The van der Waals surface area contributed by atoms with Gasteiger partial charge in [-0.25, -0.2) is 0 Å². The number of aliphatic hydroxyl groups excluding tert-OH is 1. The average Bonchev–Trinajstić information content (AvgIpc) is 3.06. The first-order valence-electron chi connectivity index (χ1n) is 8.32. The van der Waals surface area contributed by atoms with Crippen LogP contribution in [0.5, 0.6) is 0 Å². The summed E-state index contributed by atoms with van der Waals surface area (Å²) in [5.41, 5.74) is 2.44. The molecule has 1 aromatic heterocycles. The van der Waals surface area contributed by atoms with Crippen LogP contribution >= 0.6 is 35.3 Å². The maximum absolute atomic E-state index is 10.5. The molecule has 6 heteroatoms. The number of nitrogens with zero attached hydrogens (tertiary/aromatic N) is 1. The maximum atomic E-state index is 10.5. The standard InChI is InChI=1S/C20H23N3OS.HI/c1-14-6-5-7-15(10-14)12-22-20(21-2)23-13-17(24)19-11-16-8-3-4-9-18(16)25-19;/h3-11,17,24H,12-13H2,1-2H3,(H2,21,22,23);1H. The number of thiophene rings is 1. The number of fused-ring (bicyclic) bond motifs is 1. The molecular formula is C20H24IN3OS. The van der Waals surface area contributed by atoms with Crippen LogP contribution in [0.25, 0.3) is 10.1 Å². The van der Waals surface area contributed by atoms with E-state index in [1.165, 1.54) is 21.2 Å². The van der Waals surface area contributed by atoms with E-state index in [0.29, 0.717) is 19.0 Å². The van der Waals surface area contributed by atoms with Gasteiger partial charge in [-0.05, 0) is 30.0 Å². The zero-order chi connectivity index (χ0) is 17.6. The summed E-state index contributed by atoms with van der Waals surface area (Å²) in [5, 5.41) is 18.1. The summed E-state index contributed by atoms with van der Waals surface area (Å²) >= 11 is 1.63. The van der Waals surface area contributed by atoms with Gasteiger partial charge in [0.2, 0.25) is 0 Å². The number of rotatable bonds is 5. The van der Waals surface area contributed by atoms with Gasteiger partial charge in [0.25, 0.3) is 0 Å². The highest BCUT2D eigenvalue weighted by Gasteiger charge is 2.12. The van der Waals surface area contributed by atoms with Gasteiger partial charge in [0, 0.05) is 29.7 Å². The van der Waals surface area contributed by atoms with Crippen LogP contribution in [0.1, 0.15) is 22.1 Å². The highest BCUT2D eigenvalue weighted by Crippen LogP contribution is 2.29. The molecule has 3 aromatic rings. The summed E-state index contributed by atoms with van der Waals surface area (Å²) in [6.07, 6.45) is -0.560. The number of aliphatic imine (C=N–C) groups is 1. The van der Waals surface area contributed by atoms with Crippen LogP contribution in [0.15, 0.2) is 59.6 Å². The van der Waals surface area contributed by atoms with Gasteiger partial charge in [0.15, 0.2) is 5.96 Å². The second-order valence-corrected chi connectivity index (χ2v) is 7.11. The van der Waals surface area contributed by atoms with Crippen molar-refractivity contribution in [3.8, 4) is 0 Å². The first kappa shape index (κ1) is 20.7. The van der Waals surface area contributed by atoms with E-state index in [1.54, 1.807) is 18.4 Å². The van der Waals surface area contributed by atoms with Crippen molar-refractivity contribution in [3.05, 3.63) is 70.6 Å². The Hall–Kier alpha value is -1.64. The van der Waals surface area contributed by atoms with E-state index in [4.69, 9.17) is 0 Å². The molecule has 0 aliphatic heterocycles. The molecule has 0 radical (unpaired) electrons. The van der Waals surface area contributed by atoms with Crippen molar-refractivity contribution < 1.29 is 5.11 Å². The molecule has 0 amide bonds. The Morgan fingerprint density at radius 2 is 1.92 bits per heavy atom. The quantitative estimate of drug-likeness (QED) is 0.291. The van der Waals surface area contributed by atoms with Gasteiger partial charge in [0.1, 0.15) is 6.10 Å². The lowest BCUT2D eigenvalue weighted by molar-refractivity contribution is 0.184. The maximum Gasteiger partial charge on any atom is 0.191 e. The molecule has 0 aliphatic rings. The topological polar surface area (TPSA) is 56.7 Å². The molecule has 0 spiro atoms. The molecule has 2 aromatic carbocycles. The predicted octanol–water partition coefficient (Wildman–Crippen LogP) is 4.23. The van der Waals surface area contributed by atoms with Crippen LogP contribution in [0, 0.1) is 6.92 Å². The summed E-state index contributed by atoms with van der Waals surface area (Å²) < 4.78 is 1.19. The average molecular weight is 481 g/mol. The molecule has 3 rings (SSSR count). The van der Waals surface area contributed by atoms with Crippen LogP contribution in [-0.2, 0) is 6.54 Å². The molecule has 0 bridgehead atoms. The van der Waals surface area contributed by atoms with Gasteiger partial charge >= 0.3 is 0 Å². The van der Waals surface area contributed by atoms with Crippen LogP contribution in [-0.4, -0.2) is 24.7 Å². The van der Waals surface area contributed by atoms with Gasteiger partial charge in [-0.3, -0.25) is 4.99 Å². The van der Waals surface area contributed by atoms with E-state index in [9.17, 15) is 5.11 Å². The fourth-order valence-electron chi connectivity index (χ4n) is 2.69. The third-order valence-corrected chi connectivity index (χ3v) is 5.22. The summed E-state index contributed by atoms with van der Waals surface area (Å²) in [6, 6.07) is 18.6. The molecular weight excluding hydrogens is 457 g/mol. The highest BCUT2D eigenvalue weighted by atomic mass is 127. The van der Waals surface area contributed by atoms with Gasteiger partial charge in [-0.15, -0.1) is 35.3 Å². The molecule has 0 aliphatic carbocycles. The van der Waals surface area contributed by atoms with Gasteiger partial charge in [-0.1, -0.05) is 48.0 Å². The monoisotopic (exact) mass is 481 g/mol. The smallest absolute Gasteiger partial charge is 0.191 e. The van der Waals surface area contributed by atoms with E-state index < -0.39 is 6.10 Å². The first-order chi connectivity index (χ1) is 12.2. The van der Waals surface area contributed by atoms with Crippen molar-refractivity contribution in [2.45, 2.75) is 19.6 Å². The molecule has 1 unspecified atom stereocenters. The Bertz CT molecular complexity index is 845. The molecule has 4 nitrogen and oxygen atoms in total. The lowest BCUT2D eigenvalue weighted by atomic mass is 10.1. The summed E-state index contributed by atoms with van der Waals surface area (Å²) in [4.78, 5) is 5.18. The Morgan fingerprint density at radius 1 is 1.12 bits per heavy atom. The van der Waals surface area contributed by atoms with Crippen molar-refractivity contribution in [1.82, 2.24) is 10.6 Å². The number of benzene rings is 2. The highest BCUT2D eigenvalue weighted by molar-refractivity contribution is 14.0. The third kappa shape index (κ3) is 5.43. The van der Waals surface area contributed by atoms with Gasteiger partial charge < -0.3 is 15.7 Å². The van der Waals surface area contributed by atoms with Crippen LogP contribution in [0.2, 0.25) is 0 Å². The number of hydrogen-bond donors (Lipinski definition) is 3. The predicted molar refractivity (Wildman–Crippen MR) is 122 cm³/mol. The lowest BCUT2D eigenvalue weighted by Crippen LogP contribution is -2.38. The second-order valence-electron chi connectivity index (χ2n) is 6.00. The molecule has 1 atom stereocenters. The third-order valence-electron chi connectivity index (χ3n) is 4.00. The van der Waals surface area contributed by atoms with E-state index in [2.05, 4.69) is 58.9 Å². The van der Waals surface area contributed by atoms with Gasteiger partial charge in [0.05, 0.1) is 0 Å². The second kappa shape index (κ2) is 9.89. The minimum atomic E-state index is -0.560. The zero-order valence-electron chi connectivity index (χ0n) is 14.9. The fourth-order valence-corrected chi connectivity index (χ4v) is 3.74. The van der Waals surface area contributed by atoms with E-state index in [-0.39, 0.29) is 24.0 Å². The number of halogens is 1. The number of nitrogens with one attached hydrogen (secondary N) is 2. The van der Waals surface area contributed by atoms with E-state index in [0.717, 1.165) is 4.88 Å². The van der Waals surface area contributed by atoms with Crippen molar-refractivity contribution in [1.29, 1.82) is 0 Å². The normalized spacial score (nSPS) is 12.5. The first-order valence-corrected chi connectivity index (χ1v) is 9.14. The Morgan fingerprint density at radius 3 is 2.65 bits per heavy atom. The number of hydrogen-bond acceptors (Lipinski definition) is 3.